The number of benzene rings is 1. The molecule has 5 heteroatoms. The summed E-state index contributed by atoms with van der Waals surface area (Å²) in [6.45, 7) is 1.34. The number of rotatable bonds is 2. The van der Waals surface area contributed by atoms with Crippen LogP contribution in [-0.4, -0.2) is 42.5 Å². The standard InChI is InChI=1S/C16H20N2O3/c1-21-16(20)14-7-4-8-18(14)15(19)13-9-11-5-2-3-6-12(11)10-17-13/h2-3,5-6,13-14,17H,4,7-10H2,1H3. The SMILES string of the molecule is COC(=O)C1CCCN1C(=O)C1Cc2ccccc2CN1. The van der Waals surface area contributed by atoms with Gasteiger partial charge in [0.15, 0.2) is 0 Å². The van der Waals surface area contributed by atoms with Crippen LogP contribution in [0.15, 0.2) is 24.3 Å². The molecule has 0 spiro atoms. The van der Waals surface area contributed by atoms with Gasteiger partial charge in [-0.15, -0.1) is 0 Å². The summed E-state index contributed by atoms with van der Waals surface area (Å²) in [5, 5.41) is 3.29. The topological polar surface area (TPSA) is 58.6 Å². The fraction of sp³-hybridized carbons (Fsp3) is 0.500. The summed E-state index contributed by atoms with van der Waals surface area (Å²) in [7, 11) is 1.37. The van der Waals surface area contributed by atoms with E-state index in [1.54, 1.807) is 4.90 Å². The Morgan fingerprint density at radius 3 is 2.81 bits per heavy atom. The highest BCUT2D eigenvalue weighted by atomic mass is 16.5. The fourth-order valence-electron chi connectivity index (χ4n) is 3.24. The van der Waals surface area contributed by atoms with Crippen LogP contribution in [0, 0.1) is 0 Å². The van der Waals surface area contributed by atoms with E-state index < -0.39 is 6.04 Å². The molecule has 0 bridgehead atoms. The Kier molecular flexibility index (Phi) is 3.92. The Labute approximate surface area is 124 Å². The van der Waals surface area contributed by atoms with E-state index in [-0.39, 0.29) is 17.9 Å². The molecular formula is C16H20N2O3. The molecule has 1 saturated heterocycles. The van der Waals surface area contributed by atoms with E-state index in [4.69, 9.17) is 4.74 Å². The van der Waals surface area contributed by atoms with E-state index in [0.29, 0.717) is 25.9 Å². The van der Waals surface area contributed by atoms with Crippen LogP contribution in [0.25, 0.3) is 0 Å². The third-order valence-corrected chi connectivity index (χ3v) is 4.39. The Morgan fingerprint density at radius 2 is 2.05 bits per heavy atom. The average Bonchev–Trinajstić information content (AvgIpc) is 3.02. The lowest BCUT2D eigenvalue weighted by atomic mass is 9.95. The first-order chi connectivity index (χ1) is 10.2. The Balaban J connectivity index is 1.73. The lowest BCUT2D eigenvalue weighted by Crippen LogP contribution is -2.52. The van der Waals surface area contributed by atoms with Crippen molar-refractivity contribution < 1.29 is 14.3 Å². The minimum atomic E-state index is -0.415. The summed E-state index contributed by atoms with van der Waals surface area (Å²) < 4.78 is 4.80. The second-order valence-electron chi connectivity index (χ2n) is 5.62. The largest absolute Gasteiger partial charge is 0.467 e. The van der Waals surface area contributed by atoms with Gasteiger partial charge in [-0.1, -0.05) is 24.3 Å². The predicted octanol–water partition coefficient (Wildman–Crippen LogP) is 0.865. The lowest BCUT2D eigenvalue weighted by molar-refractivity contribution is -0.151. The van der Waals surface area contributed by atoms with Crippen LogP contribution < -0.4 is 5.32 Å². The zero-order chi connectivity index (χ0) is 14.8. The third-order valence-electron chi connectivity index (χ3n) is 4.39. The molecule has 2 atom stereocenters. The number of hydrogen-bond acceptors (Lipinski definition) is 4. The maximum atomic E-state index is 12.7. The van der Waals surface area contributed by atoms with E-state index in [1.165, 1.54) is 18.2 Å². The van der Waals surface area contributed by atoms with E-state index >= 15 is 0 Å². The average molecular weight is 288 g/mol. The van der Waals surface area contributed by atoms with Gasteiger partial charge in [0, 0.05) is 13.1 Å². The highest BCUT2D eigenvalue weighted by molar-refractivity contribution is 5.88. The molecule has 1 aromatic rings. The van der Waals surface area contributed by atoms with Crippen molar-refractivity contribution in [3.63, 3.8) is 0 Å². The number of carbonyl (C=O) groups excluding carboxylic acids is 2. The summed E-state index contributed by atoms with van der Waals surface area (Å²) in [4.78, 5) is 26.1. The monoisotopic (exact) mass is 288 g/mol. The van der Waals surface area contributed by atoms with E-state index in [9.17, 15) is 9.59 Å². The summed E-state index contributed by atoms with van der Waals surface area (Å²) in [5.74, 6) is -0.297. The number of hydrogen-bond donors (Lipinski definition) is 1. The smallest absolute Gasteiger partial charge is 0.328 e. The first kappa shape index (κ1) is 14.1. The number of amides is 1. The first-order valence-electron chi connectivity index (χ1n) is 7.39. The molecule has 2 aliphatic heterocycles. The fourth-order valence-corrected chi connectivity index (χ4v) is 3.24. The van der Waals surface area contributed by atoms with Crippen LogP contribution >= 0.6 is 0 Å². The summed E-state index contributed by atoms with van der Waals surface area (Å²) in [6, 6.07) is 7.50. The molecule has 5 nitrogen and oxygen atoms in total. The van der Waals surface area contributed by atoms with Crippen molar-refractivity contribution >= 4 is 11.9 Å². The van der Waals surface area contributed by atoms with Gasteiger partial charge < -0.3 is 15.0 Å². The van der Waals surface area contributed by atoms with Gasteiger partial charge >= 0.3 is 5.97 Å². The van der Waals surface area contributed by atoms with Crippen molar-refractivity contribution in [2.24, 2.45) is 0 Å². The van der Waals surface area contributed by atoms with Crippen LogP contribution in [0.2, 0.25) is 0 Å². The molecule has 0 saturated carbocycles. The van der Waals surface area contributed by atoms with Gasteiger partial charge in [0.1, 0.15) is 6.04 Å². The highest BCUT2D eigenvalue weighted by Gasteiger charge is 2.38. The maximum absolute atomic E-state index is 12.7. The predicted molar refractivity (Wildman–Crippen MR) is 77.5 cm³/mol. The summed E-state index contributed by atoms with van der Waals surface area (Å²) >= 11 is 0. The Bertz CT molecular complexity index is 558. The van der Waals surface area contributed by atoms with Gasteiger partial charge in [0.25, 0.3) is 0 Å². The highest BCUT2D eigenvalue weighted by Crippen LogP contribution is 2.23. The molecule has 21 heavy (non-hydrogen) atoms. The molecule has 0 radical (unpaired) electrons. The van der Waals surface area contributed by atoms with Gasteiger partial charge in [0.2, 0.25) is 5.91 Å². The number of fused-ring (bicyclic) bond motifs is 1. The molecule has 2 unspecified atom stereocenters. The number of likely N-dealkylation sites (tertiary alicyclic amines) is 1. The number of esters is 1. The molecule has 3 rings (SSSR count). The van der Waals surface area contributed by atoms with Gasteiger partial charge in [-0.25, -0.2) is 4.79 Å². The zero-order valence-corrected chi connectivity index (χ0v) is 12.2. The number of ether oxygens (including phenoxy) is 1. The van der Waals surface area contributed by atoms with Crippen LogP contribution in [0.5, 0.6) is 0 Å². The van der Waals surface area contributed by atoms with Gasteiger partial charge in [-0.2, -0.15) is 0 Å². The van der Waals surface area contributed by atoms with Crippen molar-refractivity contribution in [1.29, 1.82) is 0 Å². The Morgan fingerprint density at radius 1 is 1.29 bits per heavy atom. The zero-order valence-electron chi connectivity index (χ0n) is 12.2. The van der Waals surface area contributed by atoms with Crippen LogP contribution in [0.4, 0.5) is 0 Å². The van der Waals surface area contributed by atoms with Crippen molar-refractivity contribution in [3.8, 4) is 0 Å². The van der Waals surface area contributed by atoms with Gasteiger partial charge in [0.05, 0.1) is 13.2 Å². The molecule has 1 N–H and O–H groups in total. The van der Waals surface area contributed by atoms with E-state index in [1.807, 2.05) is 12.1 Å². The Hall–Kier alpha value is -1.88. The quantitative estimate of drug-likeness (QED) is 0.820. The molecular weight excluding hydrogens is 268 g/mol. The molecule has 2 heterocycles. The molecule has 1 aromatic carbocycles. The van der Waals surface area contributed by atoms with Gasteiger partial charge in [-0.05, 0) is 30.4 Å². The van der Waals surface area contributed by atoms with Crippen LogP contribution in [0.3, 0.4) is 0 Å². The molecule has 112 valence electrons. The molecule has 1 fully saturated rings. The van der Waals surface area contributed by atoms with Crippen molar-refractivity contribution in [2.75, 3.05) is 13.7 Å². The van der Waals surface area contributed by atoms with Crippen molar-refractivity contribution in [3.05, 3.63) is 35.4 Å². The van der Waals surface area contributed by atoms with Gasteiger partial charge in [-0.3, -0.25) is 4.79 Å². The minimum Gasteiger partial charge on any atom is -0.467 e. The molecule has 1 amide bonds. The van der Waals surface area contributed by atoms with E-state index in [2.05, 4.69) is 17.4 Å². The van der Waals surface area contributed by atoms with Crippen molar-refractivity contribution in [2.45, 2.75) is 37.9 Å². The molecule has 2 aliphatic rings. The van der Waals surface area contributed by atoms with Crippen LogP contribution in [0.1, 0.15) is 24.0 Å². The normalized spacial score (nSPS) is 24.5. The second-order valence-corrected chi connectivity index (χ2v) is 5.62. The third kappa shape index (κ3) is 2.65. The number of methoxy groups -OCH3 is 1. The second kappa shape index (κ2) is 5.85. The lowest BCUT2D eigenvalue weighted by Gasteiger charge is -2.31. The van der Waals surface area contributed by atoms with Crippen LogP contribution in [-0.2, 0) is 27.3 Å². The first-order valence-corrected chi connectivity index (χ1v) is 7.39. The summed E-state index contributed by atoms with van der Waals surface area (Å²) in [6.07, 6.45) is 2.23. The number of nitrogens with zero attached hydrogens (tertiary/aromatic N) is 1. The number of nitrogens with one attached hydrogen (secondary N) is 1. The molecule has 0 aromatic heterocycles. The van der Waals surface area contributed by atoms with Crippen molar-refractivity contribution in [1.82, 2.24) is 10.2 Å². The van der Waals surface area contributed by atoms with E-state index in [0.717, 1.165) is 6.42 Å². The maximum Gasteiger partial charge on any atom is 0.328 e. The molecule has 0 aliphatic carbocycles. The summed E-state index contributed by atoms with van der Waals surface area (Å²) in [5.41, 5.74) is 2.45. The number of carbonyl (C=O) groups is 2. The minimum absolute atomic E-state index is 0.0115.